The Labute approximate surface area is 143 Å². The lowest BCUT2D eigenvalue weighted by molar-refractivity contribution is 0.311. The monoisotopic (exact) mass is 326 g/mol. The van der Waals surface area contributed by atoms with E-state index in [2.05, 4.69) is 54.6 Å². The molecule has 0 aliphatic carbocycles. The first-order valence-corrected chi connectivity index (χ1v) is 9.03. The fourth-order valence-electron chi connectivity index (χ4n) is 3.03. The van der Waals surface area contributed by atoms with Gasteiger partial charge in [0.15, 0.2) is 0 Å². The summed E-state index contributed by atoms with van der Waals surface area (Å²) < 4.78 is 6.21. The number of fused-ring (bicyclic) bond motifs is 2. The van der Waals surface area contributed by atoms with Crippen molar-refractivity contribution in [3.05, 3.63) is 54.6 Å². The van der Waals surface area contributed by atoms with Gasteiger partial charge in [-0.2, -0.15) is 0 Å². The third-order valence-electron chi connectivity index (χ3n) is 4.25. The van der Waals surface area contributed by atoms with Gasteiger partial charge in [0.05, 0.1) is 6.61 Å². The van der Waals surface area contributed by atoms with E-state index in [-0.39, 0.29) is 0 Å². The molecule has 120 valence electrons. The maximum absolute atomic E-state index is 6.21. The minimum atomic E-state index is 0.776. The summed E-state index contributed by atoms with van der Waals surface area (Å²) in [6.45, 7) is 0.777. The van der Waals surface area contributed by atoms with Crippen LogP contribution in [0.15, 0.2) is 54.6 Å². The van der Waals surface area contributed by atoms with Crippen LogP contribution in [0.1, 0.15) is 32.1 Å². The van der Waals surface area contributed by atoms with Crippen LogP contribution < -0.4 is 4.74 Å². The lowest BCUT2D eigenvalue weighted by Gasteiger charge is -2.13. The highest BCUT2D eigenvalue weighted by Gasteiger charge is 2.08. The van der Waals surface area contributed by atoms with Crippen LogP contribution >= 0.6 is 11.6 Å². The molecule has 0 atom stereocenters. The lowest BCUT2D eigenvalue weighted by Crippen LogP contribution is -1.99. The molecule has 0 fully saturated rings. The molecule has 1 nitrogen and oxygen atoms in total. The van der Waals surface area contributed by atoms with E-state index in [9.17, 15) is 0 Å². The zero-order valence-corrected chi connectivity index (χ0v) is 14.2. The second kappa shape index (κ2) is 8.21. The zero-order chi connectivity index (χ0) is 15.9. The van der Waals surface area contributed by atoms with E-state index in [1.54, 1.807) is 0 Å². The van der Waals surface area contributed by atoms with Crippen LogP contribution in [-0.4, -0.2) is 12.5 Å². The van der Waals surface area contributed by atoms with Gasteiger partial charge in [-0.25, -0.2) is 0 Å². The van der Waals surface area contributed by atoms with E-state index in [1.807, 2.05) is 0 Å². The normalized spacial score (nSPS) is 11.2. The Morgan fingerprint density at radius 1 is 0.696 bits per heavy atom. The summed E-state index contributed by atoms with van der Waals surface area (Å²) >= 11 is 5.71. The van der Waals surface area contributed by atoms with Crippen molar-refractivity contribution in [2.24, 2.45) is 0 Å². The molecule has 0 amide bonds. The smallest absolute Gasteiger partial charge is 0.134 e. The van der Waals surface area contributed by atoms with Crippen molar-refractivity contribution < 1.29 is 4.74 Å². The number of benzene rings is 3. The molecule has 0 N–H and O–H groups in total. The maximum atomic E-state index is 6.21. The summed E-state index contributed by atoms with van der Waals surface area (Å²) in [6.07, 6.45) is 5.89. The summed E-state index contributed by atoms with van der Waals surface area (Å²) in [5, 5.41) is 4.88. The van der Waals surface area contributed by atoms with Crippen LogP contribution in [0.4, 0.5) is 0 Å². The summed E-state index contributed by atoms with van der Waals surface area (Å²) in [5.41, 5.74) is 0. The molecule has 3 aromatic rings. The summed E-state index contributed by atoms with van der Waals surface area (Å²) in [5.74, 6) is 1.80. The number of rotatable bonds is 8. The fourth-order valence-corrected chi connectivity index (χ4v) is 3.22. The average molecular weight is 327 g/mol. The topological polar surface area (TPSA) is 9.23 Å². The number of unbranched alkanes of at least 4 members (excludes halogenated alkanes) is 4. The summed E-state index contributed by atoms with van der Waals surface area (Å²) in [7, 11) is 0. The fraction of sp³-hybridized carbons (Fsp3) is 0.333. The minimum absolute atomic E-state index is 0.776. The SMILES string of the molecule is ClCCCCCCCOc1c2ccccc2cc2ccccc12. The Kier molecular flexibility index (Phi) is 5.76. The van der Waals surface area contributed by atoms with Crippen molar-refractivity contribution >= 4 is 33.1 Å². The molecular weight excluding hydrogens is 304 g/mol. The average Bonchev–Trinajstić information content (AvgIpc) is 2.60. The van der Waals surface area contributed by atoms with Crippen molar-refractivity contribution in [3.63, 3.8) is 0 Å². The number of hydrogen-bond donors (Lipinski definition) is 0. The van der Waals surface area contributed by atoms with E-state index in [0.29, 0.717) is 0 Å². The Bertz CT molecular complexity index is 712. The Morgan fingerprint density at radius 2 is 1.26 bits per heavy atom. The predicted molar refractivity (Wildman–Crippen MR) is 101 cm³/mol. The molecular formula is C21H23ClO. The third-order valence-corrected chi connectivity index (χ3v) is 4.51. The maximum Gasteiger partial charge on any atom is 0.134 e. The Balaban J connectivity index is 1.75. The van der Waals surface area contributed by atoms with E-state index in [4.69, 9.17) is 16.3 Å². The third kappa shape index (κ3) is 3.97. The molecule has 0 aromatic heterocycles. The van der Waals surface area contributed by atoms with Crippen LogP contribution in [0.2, 0.25) is 0 Å². The second-order valence-corrected chi connectivity index (χ2v) is 6.33. The first-order chi connectivity index (χ1) is 11.4. The minimum Gasteiger partial charge on any atom is -0.492 e. The van der Waals surface area contributed by atoms with E-state index >= 15 is 0 Å². The van der Waals surface area contributed by atoms with Crippen molar-refractivity contribution in [1.82, 2.24) is 0 Å². The highest BCUT2D eigenvalue weighted by Crippen LogP contribution is 2.34. The number of alkyl halides is 1. The molecule has 23 heavy (non-hydrogen) atoms. The molecule has 0 bridgehead atoms. The van der Waals surface area contributed by atoms with Gasteiger partial charge in [-0.1, -0.05) is 67.8 Å². The lowest BCUT2D eigenvalue weighted by atomic mass is 10.0. The first kappa shape index (κ1) is 16.1. The van der Waals surface area contributed by atoms with Gasteiger partial charge in [0.1, 0.15) is 5.75 Å². The molecule has 0 unspecified atom stereocenters. The van der Waals surface area contributed by atoms with E-state index in [0.717, 1.165) is 31.1 Å². The molecule has 0 aliphatic heterocycles. The van der Waals surface area contributed by atoms with Crippen LogP contribution in [0.25, 0.3) is 21.5 Å². The van der Waals surface area contributed by atoms with Crippen LogP contribution in [-0.2, 0) is 0 Å². The standard InChI is InChI=1S/C21H23ClO/c22-14-8-2-1-3-9-15-23-21-19-12-6-4-10-17(19)16-18-11-5-7-13-20(18)21/h4-7,10-13,16H,1-3,8-9,14-15H2. The van der Waals surface area contributed by atoms with Gasteiger partial charge >= 0.3 is 0 Å². The molecule has 0 aliphatic rings. The molecule has 0 heterocycles. The van der Waals surface area contributed by atoms with Gasteiger partial charge in [-0.3, -0.25) is 0 Å². The van der Waals surface area contributed by atoms with Gasteiger partial charge in [-0.15, -0.1) is 11.6 Å². The number of ether oxygens (including phenoxy) is 1. The Morgan fingerprint density at radius 3 is 1.91 bits per heavy atom. The second-order valence-electron chi connectivity index (χ2n) is 5.95. The highest BCUT2D eigenvalue weighted by molar-refractivity contribution is 6.17. The van der Waals surface area contributed by atoms with Gasteiger partial charge in [0.25, 0.3) is 0 Å². The first-order valence-electron chi connectivity index (χ1n) is 8.49. The van der Waals surface area contributed by atoms with Crippen molar-refractivity contribution in [2.75, 3.05) is 12.5 Å². The largest absolute Gasteiger partial charge is 0.492 e. The van der Waals surface area contributed by atoms with E-state index in [1.165, 1.54) is 40.8 Å². The zero-order valence-electron chi connectivity index (χ0n) is 13.4. The molecule has 2 heteroatoms. The van der Waals surface area contributed by atoms with Crippen LogP contribution in [0.5, 0.6) is 5.75 Å². The number of halogens is 1. The highest BCUT2D eigenvalue weighted by atomic mass is 35.5. The van der Waals surface area contributed by atoms with Gasteiger partial charge in [0.2, 0.25) is 0 Å². The molecule has 3 rings (SSSR count). The Hall–Kier alpha value is -1.73. The van der Waals surface area contributed by atoms with Crippen molar-refractivity contribution in [1.29, 1.82) is 0 Å². The predicted octanol–water partition coefficient (Wildman–Crippen LogP) is 6.56. The van der Waals surface area contributed by atoms with E-state index < -0.39 is 0 Å². The van der Waals surface area contributed by atoms with Crippen LogP contribution in [0, 0.1) is 0 Å². The molecule has 3 aromatic carbocycles. The number of hydrogen-bond acceptors (Lipinski definition) is 1. The molecule has 0 saturated carbocycles. The van der Waals surface area contributed by atoms with Crippen molar-refractivity contribution in [2.45, 2.75) is 32.1 Å². The summed E-state index contributed by atoms with van der Waals surface area (Å²) in [6, 6.07) is 19.2. The van der Waals surface area contributed by atoms with Gasteiger partial charge in [-0.05, 0) is 29.7 Å². The molecule has 0 saturated heterocycles. The summed E-state index contributed by atoms with van der Waals surface area (Å²) in [4.78, 5) is 0. The molecule has 0 radical (unpaired) electrons. The quantitative estimate of drug-likeness (QED) is 0.259. The van der Waals surface area contributed by atoms with Gasteiger partial charge in [0, 0.05) is 16.7 Å². The van der Waals surface area contributed by atoms with Crippen molar-refractivity contribution in [3.8, 4) is 5.75 Å². The van der Waals surface area contributed by atoms with Gasteiger partial charge < -0.3 is 4.74 Å². The molecule has 0 spiro atoms. The van der Waals surface area contributed by atoms with Crippen LogP contribution in [0.3, 0.4) is 0 Å².